The van der Waals surface area contributed by atoms with E-state index in [2.05, 4.69) is 19.2 Å². The highest BCUT2D eigenvalue weighted by Gasteiger charge is 2.24. The highest BCUT2D eigenvalue weighted by Crippen LogP contribution is 2.36. The molecule has 1 aromatic rings. The van der Waals surface area contributed by atoms with Crippen LogP contribution in [0.25, 0.3) is 0 Å². The molecule has 0 unspecified atom stereocenters. The van der Waals surface area contributed by atoms with E-state index in [0.717, 1.165) is 23.0 Å². The van der Waals surface area contributed by atoms with Gasteiger partial charge in [-0.25, -0.2) is 0 Å². The van der Waals surface area contributed by atoms with E-state index in [9.17, 15) is 0 Å². The molecule has 0 aliphatic carbocycles. The average Bonchev–Trinajstić information content (AvgIpc) is 2.27. The third kappa shape index (κ3) is 1.80. The summed E-state index contributed by atoms with van der Waals surface area (Å²) < 4.78 is 5.70. The van der Waals surface area contributed by atoms with Gasteiger partial charge in [0.25, 0.3) is 0 Å². The first-order valence-electron chi connectivity index (χ1n) is 4.74. The molecule has 1 heterocycles. The summed E-state index contributed by atoms with van der Waals surface area (Å²) in [6.45, 7) is 5.93. The molecule has 1 aliphatic rings. The number of hydrogen-bond acceptors (Lipinski definition) is 2. The molecule has 3 heteroatoms. The molecule has 0 aromatic heterocycles. The molecule has 2 rings (SSSR count). The van der Waals surface area contributed by atoms with Gasteiger partial charge in [-0.15, -0.1) is 0 Å². The molecule has 76 valence electrons. The second kappa shape index (κ2) is 3.35. The molecule has 1 N–H and O–H groups in total. The van der Waals surface area contributed by atoms with Crippen molar-refractivity contribution >= 4 is 17.3 Å². The van der Waals surface area contributed by atoms with E-state index in [-0.39, 0.29) is 5.41 Å². The smallest absolute Gasteiger partial charge is 0.143 e. The Morgan fingerprint density at radius 1 is 1.43 bits per heavy atom. The van der Waals surface area contributed by atoms with Gasteiger partial charge in [0.2, 0.25) is 0 Å². The van der Waals surface area contributed by atoms with Crippen LogP contribution in [0, 0.1) is 5.41 Å². The number of hydrogen-bond donors (Lipinski definition) is 1. The summed E-state index contributed by atoms with van der Waals surface area (Å²) in [4.78, 5) is 0. The summed E-state index contributed by atoms with van der Waals surface area (Å²) in [6.07, 6.45) is 0. The molecule has 0 bridgehead atoms. The minimum Gasteiger partial charge on any atom is -0.491 e. The summed E-state index contributed by atoms with van der Waals surface area (Å²) >= 11 is 6.07. The van der Waals surface area contributed by atoms with E-state index in [4.69, 9.17) is 16.3 Å². The van der Waals surface area contributed by atoms with E-state index in [1.54, 1.807) is 0 Å². The standard InChI is InChI=1S/C11H14ClNO/c1-11(2)6-13-10-8(12)4-3-5-9(10)14-7-11/h3-5,13H,6-7H2,1-2H3. The maximum Gasteiger partial charge on any atom is 0.143 e. The van der Waals surface area contributed by atoms with Crippen LogP contribution in [0.2, 0.25) is 5.02 Å². The third-order valence-electron chi connectivity index (χ3n) is 2.34. The zero-order valence-electron chi connectivity index (χ0n) is 8.43. The zero-order chi connectivity index (χ0) is 10.2. The van der Waals surface area contributed by atoms with Crippen molar-refractivity contribution in [1.29, 1.82) is 0 Å². The maximum atomic E-state index is 6.07. The molecular weight excluding hydrogens is 198 g/mol. The van der Waals surface area contributed by atoms with Crippen molar-refractivity contribution < 1.29 is 4.74 Å². The normalized spacial score (nSPS) is 18.8. The van der Waals surface area contributed by atoms with Crippen LogP contribution in [0.1, 0.15) is 13.8 Å². The molecule has 0 amide bonds. The summed E-state index contributed by atoms with van der Waals surface area (Å²) in [5.41, 5.74) is 1.06. The second-order valence-electron chi connectivity index (χ2n) is 4.42. The SMILES string of the molecule is CC1(C)CNc2c(Cl)cccc2OC1. The van der Waals surface area contributed by atoms with Gasteiger partial charge >= 0.3 is 0 Å². The van der Waals surface area contributed by atoms with Crippen molar-refractivity contribution in [3.8, 4) is 5.75 Å². The quantitative estimate of drug-likeness (QED) is 0.712. The van der Waals surface area contributed by atoms with Crippen LogP contribution in [0.3, 0.4) is 0 Å². The van der Waals surface area contributed by atoms with Crippen molar-refractivity contribution in [2.24, 2.45) is 5.41 Å². The fraction of sp³-hybridized carbons (Fsp3) is 0.455. The second-order valence-corrected chi connectivity index (χ2v) is 4.83. The van der Waals surface area contributed by atoms with Crippen LogP contribution in [-0.2, 0) is 0 Å². The Labute approximate surface area is 89.2 Å². The molecule has 1 aromatic carbocycles. The van der Waals surface area contributed by atoms with Gasteiger partial charge in [-0.2, -0.15) is 0 Å². The lowest BCUT2D eigenvalue weighted by Crippen LogP contribution is -2.27. The highest BCUT2D eigenvalue weighted by atomic mass is 35.5. The molecule has 2 nitrogen and oxygen atoms in total. The van der Waals surface area contributed by atoms with Crippen molar-refractivity contribution in [2.75, 3.05) is 18.5 Å². The van der Waals surface area contributed by atoms with Crippen LogP contribution in [0.15, 0.2) is 18.2 Å². The molecule has 1 aliphatic heterocycles. The predicted octanol–water partition coefficient (Wildman–Crippen LogP) is 3.17. The Morgan fingerprint density at radius 3 is 3.00 bits per heavy atom. The van der Waals surface area contributed by atoms with Crippen molar-refractivity contribution in [3.05, 3.63) is 23.2 Å². The molecule has 0 spiro atoms. The first-order chi connectivity index (χ1) is 6.58. The average molecular weight is 212 g/mol. The first kappa shape index (κ1) is 9.66. The third-order valence-corrected chi connectivity index (χ3v) is 2.65. The summed E-state index contributed by atoms with van der Waals surface area (Å²) in [5.74, 6) is 0.850. The van der Waals surface area contributed by atoms with E-state index in [1.807, 2.05) is 18.2 Å². The van der Waals surface area contributed by atoms with Gasteiger partial charge in [-0.1, -0.05) is 31.5 Å². The van der Waals surface area contributed by atoms with Crippen LogP contribution in [0.5, 0.6) is 5.75 Å². The fourth-order valence-electron chi connectivity index (χ4n) is 1.45. The highest BCUT2D eigenvalue weighted by molar-refractivity contribution is 6.33. The summed E-state index contributed by atoms with van der Waals surface area (Å²) in [6, 6.07) is 5.71. The number of ether oxygens (including phenoxy) is 1. The lowest BCUT2D eigenvalue weighted by Gasteiger charge is -2.20. The molecule has 0 atom stereocenters. The summed E-state index contributed by atoms with van der Waals surface area (Å²) in [7, 11) is 0. The lowest BCUT2D eigenvalue weighted by molar-refractivity contribution is 0.200. The van der Waals surface area contributed by atoms with E-state index < -0.39 is 0 Å². The number of para-hydroxylation sites is 1. The minimum absolute atomic E-state index is 0.141. The number of fused-ring (bicyclic) bond motifs is 1. The fourth-order valence-corrected chi connectivity index (χ4v) is 1.68. The number of nitrogens with one attached hydrogen (secondary N) is 1. The van der Waals surface area contributed by atoms with E-state index >= 15 is 0 Å². The minimum atomic E-state index is 0.141. The Morgan fingerprint density at radius 2 is 2.21 bits per heavy atom. The Kier molecular flexibility index (Phi) is 2.31. The molecule has 0 saturated heterocycles. The Bertz CT molecular complexity index is 349. The van der Waals surface area contributed by atoms with Gasteiger partial charge in [0.05, 0.1) is 17.3 Å². The van der Waals surface area contributed by atoms with Crippen molar-refractivity contribution in [2.45, 2.75) is 13.8 Å². The topological polar surface area (TPSA) is 21.3 Å². The Hall–Kier alpha value is -0.890. The van der Waals surface area contributed by atoms with Gasteiger partial charge < -0.3 is 10.1 Å². The van der Waals surface area contributed by atoms with Crippen LogP contribution in [0.4, 0.5) is 5.69 Å². The number of benzene rings is 1. The van der Waals surface area contributed by atoms with Crippen molar-refractivity contribution in [3.63, 3.8) is 0 Å². The van der Waals surface area contributed by atoms with Crippen LogP contribution >= 0.6 is 11.6 Å². The van der Waals surface area contributed by atoms with E-state index in [0.29, 0.717) is 6.61 Å². The van der Waals surface area contributed by atoms with Gasteiger partial charge in [0.1, 0.15) is 5.75 Å². The molecule has 0 radical (unpaired) electrons. The van der Waals surface area contributed by atoms with Gasteiger partial charge in [-0.3, -0.25) is 0 Å². The number of halogens is 1. The number of anilines is 1. The van der Waals surface area contributed by atoms with Gasteiger partial charge in [0, 0.05) is 12.0 Å². The van der Waals surface area contributed by atoms with Crippen molar-refractivity contribution in [1.82, 2.24) is 0 Å². The molecule has 0 saturated carbocycles. The maximum absolute atomic E-state index is 6.07. The lowest BCUT2D eigenvalue weighted by atomic mass is 9.95. The largest absolute Gasteiger partial charge is 0.491 e. The molecule has 14 heavy (non-hydrogen) atoms. The first-order valence-corrected chi connectivity index (χ1v) is 5.11. The predicted molar refractivity (Wildman–Crippen MR) is 59.2 cm³/mol. The van der Waals surface area contributed by atoms with Gasteiger partial charge in [-0.05, 0) is 12.1 Å². The number of rotatable bonds is 0. The summed E-state index contributed by atoms with van der Waals surface area (Å²) in [5, 5.41) is 4.05. The van der Waals surface area contributed by atoms with E-state index in [1.165, 1.54) is 0 Å². The molecule has 0 fully saturated rings. The monoisotopic (exact) mass is 211 g/mol. The molecular formula is C11H14ClNO. The van der Waals surface area contributed by atoms with Crippen LogP contribution < -0.4 is 10.1 Å². The Balaban J connectivity index is 2.34. The zero-order valence-corrected chi connectivity index (χ0v) is 9.19. The van der Waals surface area contributed by atoms with Crippen LogP contribution in [-0.4, -0.2) is 13.2 Å². The van der Waals surface area contributed by atoms with Gasteiger partial charge in [0.15, 0.2) is 0 Å².